The lowest BCUT2D eigenvalue weighted by molar-refractivity contribution is 0.245. The van der Waals surface area contributed by atoms with Crippen LogP contribution in [0.2, 0.25) is 0 Å². The molecule has 0 spiro atoms. The highest BCUT2D eigenvalue weighted by Gasteiger charge is 2.23. The molecule has 1 aliphatic rings. The van der Waals surface area contributed by atoms with Crippen LogP contribution in [0.25, 0.3) is 0 Å². The molecule has 3 rings (SSSR count). The fourth-order valence-corrected chi connectivity index (χ4v) is 3.83. The van der Waals surface area contributed by atoms with Crippen LogP contribution in [0, 0.1) is 6.92 Å². The minimum Gasteiger partial charge on any atom is -0.497 e. The first kappa shape index (κ1) is 23.1. The average molecular weight is 428 g/mol. The second-order valence-electron chi connectivity index (χ2n) is 8.08. The highest BCUT2D eigenvalue weighted by molar-refractivity contribution is 5.79. The molecule has 0 radical (unpaired) electrons. The maximum atomic E-state index is 5.34. The minimum atomic E-state index is 0.295. The van der Waals surface area contributed by atoms with Crippen LogP contribution in [0.4, 0.5) is 0 Å². The molecule has 170 valence electrons. The van der Waals surface area contributed by atoms with E-state index < -0.39 is 0 Å². The maximum Gasteiger partial charge on any atom is 0.191 e. The smallest absolute Gasteiger partial charge is 0.191 e. The number of aromatic nitrogens is 3. The first-order valence-electron chi connectivity index (χ1n) is 11.4. The molecule has 0 saturated carbocycles. The monoisotopic (exact) mass is 427 g/mol. The van der Waals surface area contributed by atoms with E-state index in [1.807, 2.05) is 30.7 Å². The number of ether oxygens (including phenoxy) is 1. The van der Waals surface area contributed by atoms with Crippen molar-refractivity contribution in [3.63, 3.8) is 0 Å². The van der Waals surface area contributed by atoms with Gasteiger partial charge >= 0.3 is 0 Å². The SMILES string of the molecule is CCCCNC(=NCc1nnc(C)n1C)NCC(c1ccc(OC)cc1)N1CCCC1. The number of nitrogens with zero attached hydrogens (tertiary/aromatic N) is 5. The zero-order valence-electron chi connectivity index (χ0n) is 19.4. The van der Waals surface area contributed by atoms with Crippen molar-refractivity contribution < 1.29 is 4.74 Å². The Kier molecular flexibility index (Phi) is 8.70. The molecule has 1 unspecified atom stereocenters. The lowest BCUT2D eigenvalue weighted by atomic mass is 10.1. The van der Waals surface area contributed by atoms with E-state index in [2.05, 4.69) is 44.8 Å². The lowest BCUT2D eigenvalue weighted by Gasteiger charge is -2.29. The zero-order valence-corrected chi connectivity index (χ0v) is 19.4. The van der Waals surface area contributed by atoms with Crippen LogP contribution in [0.15, 0.2) is 29.3 Å². The summed E-state index contributed by atoms with van der Waals surface area (Å²) in [6, 6.07) is 8.73. The van der Waals surface area contributed by atoms with Gasteiger partial charge in [-0.25, -0.2) is 4.99 Å². The van der Waals surface area contributed by atoms with E-state index in [1.165, 1.54) is 18.4 Å². The highest BCUT2D eigenvalue weighted by Crippen LogP contribution is 2.26. The van der Waals surface area contributed by atoms with Crippen LogP contribution in [-0.4, -0.2) is 58.9 Å². The van der Waals surface area contributed by atoms with E-state index in [4.69, 9.17) is 9.73 Å². The Balaban J connectivity index is 1.71. The third-order valence-corrected chi connectivity index (χ3v) is 5.93. The van der Waals surface area contributed by atoms with Gasteiger partial charge in [-0.15, -0.1) is 10.2 Å². The van der Waals surface area contributed by atoms with Gasteiger partial charge in [0.1, 0.15) is 18.1 Å². The molecule has 1 atom stereocenters. The van der Waals surface area contributed by atoms with Crippen LogP contribution in [0.5, 0.6) is 5.75 Å². The summed E-state index contributed by atoms with van der Waals surface area (Å²) in [7, 11) is 3.68. The van der Waals surface area contributed by atoms with Crippen molar-refractivity contribution in [3.05, 3.63) is 41.5 Å². The summed E-state index contributed by atoms with van der Waals surface area (Å²) in [6.45, 7) is 8.60. The van der Waals surface area contributed by atoms with Gasteiger partial charge in [-0.3, -0.25) is 4.90 Å². The van der Waals surface area contributed by atoms with E-state index in [0.29, 0.717) is 12.6 Å². The van der Waals surface area contributed by atoms with Crippen LogP contribution in [0.3, 0.4) is 0 Å². The van der Waals surface area contributed by atoms with Gasteiger partial charge in [0.05, 0.1) is 13.2 Å². The summed E-state index contributed by atoms with van der Waals surface area (Å²) in [6.07, 6.45) is 4.77. The number of unbranched alkanes of at least 4 members (excludes halogenated alkanes) is 1. The van der Waals surface area contributed by atoms with Crippen molar-refractivity contribution in [3.8, 4) is 5.75 Å². The lowest BCUT2D eigenvalue weighted by Crippen LogP contribution is -2.43. The van der Waals surface area contributed by atoms with E-state index in [0.717, 1.165) is 62.4 Å². The minimum absolute atomic E-state index is 0.295. The molecule has 2 aromatic rings. The Hall–Kier alpha value is -2.61. The number of aryl methyl sites for hydroxylation is 1. The zero-order chi connectivity index (χ0) is 22.1. The fourth-order valence-electron chi connectivity index (χ4n) is 3.83. The van der Waals surface area contributed by atoms with Crippen molar-refractivity contribution in [1.29, 1.82) is 0 Å². The van der Waals surface area contributed by atoms with Crippen LogP contribution in [0.1, 0.15) is 55.9 Å². The Morgan fingerprint density at radius 3 is 2.52 bits per heavy atom. The van der Waals surface area contributed by atoms with Crippen molar-refractivity contribution in [2.24, 2.45) is 12.0 Å². The van der Waals surface area contributed by atoms with E-state index in [-0.39, 0.29) is 0 Å². The van der Waals surface area contributed by atoms with Gasteiger partial charge in [0, 0.05) is 20.1 Å². The molecule has 31 heavy (non-hydrogen) atoms. The molecule has 2 heterocycles. The van der Waals surface area contributed by atoms with Crippen molar-refractivity contribution in [2.75, 3.05) is 33.3 Å². The number of benzene rings is 1. The standard InChI is InChI=1S/C23H37N7O/c1-5-6-13-24-23(26-17-22-28-27-18(2)29(22)3)25-16-21(30-14-7-8-15-30)19-9-11-20(31-4)12-10-19/h9-12,21H,5-8,13-17H2,1-4H3,(H2,24,25,26). The number of guanidine groups is 1. The predicted octanol–water partition coefficient (Wildman–Crippen LogP) is 2.80. The molecule has 0 aliphatic carbocycles. The molecule has 0 amide bonds. The summed E-state index contributed by atoms with van der Waals surface area (Å²) in [5.74, 6) is 3.47. The molecule has 1 aromatic heterocycles. The molecule has 8 nitrogen and oxygen atoms in total. The summed E-state index contributed by atoms with van der Waals surface area (Å²) in [5, 5.41) is 15.4. The van der Waals surface area contributed by atoms with Gasteiger partial charge in [-0.2, -0.15) is 0 Å². The number of likely N-dealkylation sites (tertiary alicyclic amines) is 1. The number of aliphatic imine (C=N–C) groups is 1. The van der Waals surface area contributed by atoms with E-state index in [9.17, 15) is 0 Å². The highest BCUT2D eigenvalue weighted by atomic mass is 16.5. The third-order valence-electron chi connectivity index (χ3n) is 5.93. The molecule has 8 heteroatoms. The summed E-state index contributed by atoms with van der Waals surface area (Å²) >= 11 is 0. The predicted molar refractivity (Wildman–Crippen MR) is 124 cm³/mol. The van der Waals surface area contributed by atoms with Crippen LogP contribution < -0.4 is 15.4 Å². The van der Waals surface area contributed by atoms with E-state index in [1.54, 1.807) is 7.11 Å². The topological polar surface area (TPSA) is 79.6 Å². The maximum absolute atomic E-state index is 5.34. The Morgan fingerprint density at radius 1 is 1.16 bits per heavy atom. The third kappa shape index (κ3) is 6.43. The second kappa shape index (κ2) is 11.7. The quantitative estimate of drug-likeness (QED) is 0.345. The molecule has 1 fully saturated rings. The average Bonchev–Trinajstić information content (AvgIpc) is 3.43. The van der Waals surface area contributed by atoms with Gasteiger partial charge in [-0.1, -0.05) is 25.5 Å². The van der Waals surface area contributed by atoms with E-state index >= 15 is 0 Å². The van der Waals surface area contributed by atoms with Crippen molar-refractivity contribution in [2.45, 2.75) is 52.1 Å². The first-order valence-corrected chi connectivity index (χ1v) is 11.4. The molecule has 1 aliphatic heterocycles. The molecular weight excluding hydrogens is 390 g/mol. The summed E-state index contributed by atoms with van der Waals surface area (Å²) in [4.78, 5) is 7.35. The number of hydrogen-bond acceptors (Lipinski definition) is 5. The largest absolute Gasteiger partial charge is 0.497 e. The molecule has 0 bridgehead atoms. The van der Waals surface area contributed by atoms with Crippen LogP contribution >= 0.6 is 0 Å². The normalized spacial score (nSPS) is 15.8. The molecule has 1 saturated heterocycles. The Labute approximate surface area is 186 Å². The second-order valence-corrected chi connectivity index (χ2v) is 8.08. The van der Waals surface area contributed by atoms with Crippen LogP contribution in [-0.2, 0) is 13.6 Å². The van der Waals surface area contributed by atoms with Gasteiger partial charge in [0.2, 0.25) is 0 Å². The van der Waals surface area contributed by atoms with Gasteiger partial charge < -0.3 is 19.9 Å². The van der Waals surface area contributed by atoms with Gasteiger partial charge in [-0.05, 0) is 57.0 Å². The number of nitrogens with one attached hydrogen (secondary N) is 2. The molecule has 1 aromatic carbocycles. The number of hydrogen-bond donors (Lipinski definition) is 2. The fraction of sp³-hybridized carbons (Fsp3) is 0.609. The van der Waals surface area contributed by atoms with Gasteiger partial charge in [0.15, 0.2) is 11.8 Å². The number of methoxy groups -OCH3 is 1. The summed E-state index contributed by atoms with van der Waals surface area (Å²) < 4.78 is 7.33. The summed E-state index contributed by atoms with van der Waals surface area (Å²) in [5.41, 5.74) is 1.30. The Morgan fingerprint density at radius 2 is 1.90 bits per heavy atom. The molecule has 2 N–H and O–H groups in total. The molecular formula is C23H37N7O. The van der Waals surface area contributed by atoms with Crippen molar-refractivity contribution in [1.82, 2.24) is 30.3 Å². The first-order chi connectivity index (χ1) is 15.1. The Bertz CT molecular complexity index is 825. The number of rotatable bonds is 10. The van der Waals surface area contributed by atoms with Crippen molar-refractivity contribution >= 4 is 5.96 Å². The van der Waals surface area contributed by atoms with Gasteiger partial charge in [0.25, 0.3) is 0 Å².